The maximum absolute atomic E-state index is 13.3. The highest BCUT2D eigenvalue weighted by Gasteiger charge is 2.63. The van der Waals surface area contributed by atoms with E-state index >= 15 is 0 Å². The van der Waals surface area contributed by atoms with E-state index in [1.807, 2.05) is 38.1 Å². The van der Waals surface area contributed by atoms with Crippen molar-refractivity contribution < 1.29 is 43.1 Å². The van der Waals surface area contributed by atoms with E-state index in [9.17, 15) is 14.7 Å². The van der Waals surface area contributed by atoms with E-state index in [0.717, 1.165) is 27.9 Å². The number of ketones is 2. The number of nitrogen functional groups attached to an aromatic ring is 1. The van der Waals surface area contributed by atoms with Gasteiger partial charge in [0.1, 0.15) is 5.75 Å². The predicted molar refractivity (Wildman–Crippen MR) is 209 cm³/mol. The van der Waals surface area contributed by atoms with Crippen LogP contribution >= 0.6 is 0 Å². The van der Waals surface area contributed by atoms with E-state index in [2.05, 4.69) is 33.8 Å². The molecule has 288 valence electrons. The summed E-state index contributed by atoms with van der Waals surface area (Å²) >= 11 is 0. The lowest BCUT2D eigenvalue weighted by molar-refractivity contribution is 0.0943. The van der Waals surface area contributed by atoms with Crippen molar-refractivity contribution in [3.05, 3.63) is 94.0 Å². The Morgan fingerprint density at radius 2 is 0.907 bits per heavy atom. The number of anilines is 1. The molecular formula is C44H53NO9. The van der Waals surface area contributed by atoms with Gasteiger partial charge in [0.25, 0.3) is 0 Å². The monoisotopic (exact) mass is 739 g/mol. The van der Waals surface area contributed by atoms with Gasteiger partial charge in [-0.2, -0.15) is 0 Å². The molecule has 4 aromatic rings. The topological polar surface area (TPSA) is 136 Å². The number of ether oxygens (including phenoxy) is 6. The molecule has 0 aromatic heterocycles. The zero-order valence-corrected chi connectivity index (χ0v) is 33.4. The Morgan fingerprint density at radius 1 is 0.556 bits per heavy atom. The maximum Gasteiger partial charge on any atom is 0.203 e. The summed E-state index contributed by atoms with van der Waals surface area (Å²) in [5, 5.41) is 10.1. The third kappa shape index (κ3) is 7.13. The molecule has 4 unspecified atom stereocenters. The van der Waals surface area contributed by atoms with E-state index in [0.29, 0.717) is 45.6 Å². The van der Waals surface area contributed by atoms with Crippen molar-refractivity contribution in [3.63, 3.8) is 0 Å². The van der Waals surface area contributed by atoms with Crippen molar-refractivity contribution in [1.82, 2.24) is 0 Å². The summed E-state index contributed by atoms with van der Waals surface area (Å²) in [6, 6.07) is 18.6. The quantitative estimate of drug-likeness (QED) is 0.107. The van der Waals surface area contributed by atoms with Crippen molar-refractivity contribution in [2.24, 2.45) is 22.7 Å². The molecule has 0 heterocycles. The van der Waals surface area contributed by atoms with Crippen molar-refractivity contribution in [2.45, 2.75) is 53.4 Å². The van der Waals surface area contributed by atoms with Crippen molar-refractivity contribution in [3.8, 4) is 40.2 Å². The lowest BCUT2D eigenvalue weighted by Gasteiger charge is -2.14. The molecule has 6 rings (SSSR count). The van der Waals surface area contributed by atoms with Crippen molar-refractivity contribution >= 4 is 17.3 Å². The summed E-state index contributed by atoms with van der Waals surface area (Å²) in [6.07, 6.45) is 0. The fraction of sp³-hybridized carbons (Fsp3) is 0.409. The number of nitrogens with two attached hydrogens (primary N) is 1. The fourth-order valence-electron chi connectivity index (χ4n) is 7.98. The Labute approximate surface area is 318 Å². The molecule has 10 heteroatoms. The van der Waals surface area contributed by atoms with E-state index in [-0.39, 0.29) is 51.8 Å². The third-order valence-corrected chi connectivity index (χ3v) is 11.4. The van der Waals surface area contributed by atoms with Crippen LogP contribution in [-0.2, 0) is 0 Å². The maximum atomic E-state index is 13.3. The minimum atomic E-state index is -0.195. The Balaban J connectivity index is 0.000000208. The zero-order chi connectivity index (χ0) is 39.9. The number of phenolic OH excluding ortho intramolecular Hbond substituents is 1. The average Bonchev–Trinajstić information content (AvgIpc) is 3.96. The number of hydrogen-bond acceptors (Lipinski definition) is 10. The van der Waals surface area contributed by atoms with Gasteiger partial charge < -0.3 is 39.3 Å². The summed E-state index contributed by atoms with van der Waals surface area (Å²) in [4.78, 5) is 26.6. The van der Waals surface area contributed by atoms with Gasteiger partial charge in [-0.15, -0.1) is 0 Å². The molecule has 2 fully saturated rings. The lowest BCUT2D eigenvalue weighted by Crippen LogP contribution is -2.08. The second-order valence-corrected chi connectivity index (χ2v) is 15.3. The Bertz CT molecular complexity index is 1870. The largest absolute Gasteiger partial charge is 0.508 e. The molecule has 2 aliphatic carbocycles. The summed E-state index contributed by atoms with van der Waals surface area (Å²) in [5.41, 5.74) is 11.6. The average molecular weight is 740 g/mol. The summed E-state index contributed by atoms with van der Waals surface area (Å²) in [7, 11) is 9.24. The molecule has 0 radical (unpaired) electrons. The first kappa shape index (κ1) is 39.8. The number of phenols is 1. The number of Topliss-reactive ketones (excluding diaryl/α,β-unsaturated/α-hetero) is 2. The first-order chi connectivity index (χ1) is 25.5. The highest BCUT2D eigenvalue weighted by atomic mass is 16.5. The lowest BCUT2D eigenvalue weighted by atomic mass is 10.0. The van der Waals surface area contributed by atoms with Crippen LogP contribution in [0.3, 0.4) is 0 Å². The molecule has 4 atom stereocenters. The molecule has 0 spiro atoms. The number of benzene rings is 4. The standard InChI is InChI=1S/C22H27NO4.C22H26O5/c2*1-12-7-8-13(9-15(12)23)18-19(22(18,2)3)20(24)14-10-16(25-4)21(27-6)17(11-14)26-5/h7-11,18-19H,23H2,1-6H3;7-11,18-19,23H,1-6H3. The normalized spacial score (nSPS) is 20.1. The van der Waals surface area contributed by atoms with Crippen LogP contribution in [0.2, 0.25) is 0 Å². The van der Waals surface area contributed by atoms with Gasteiger partial charge in [0.2, 0.25) is 11.5 Å². The molecule has 54 heavy (non-hydrogen) atoms. The van der Waals surface area contributed by atoms with Gasteiger partial charge in [0.15, 0.2) is 34.6 Å². The minimum Gasteiger partial charge on any atom is -0.508 e. The number of rotatable bonds is 12. The first-order valence-electron chi connectivity index (χ1n) is 17.9. The summed E-state index contributed by atoms with van der Waals surface area (Å²) < 4.78 is 32.2. The fourth-order valence-corrected chi connectivity index (χ4v) is 7.98. The smallest absolute Gasteiger partial charge is 0.203 e. The molecule has 4 aromatic carbocycles. The number of carbonyl (C=O) groups is 2. The van der Waals surface area contributed by atoms with Crippen molar-refractivity contribution in [1.29, 1.82) is 0 Å². The number of methoxy groups -OCH3 is 6. The molecule has 3 N–H and O–H groups in total. The van der Waals surface area contributed by atoms with Gasteiger partial charge >= 0.3 is 0 Å². The van der Waals surface area contributed by atoms with Gasteiger partial charge in [-0.1, -0.05) is 52.0 Å². The Hall–Kier alpha value is -5.38. The molecule has 0 saturated heterocycles. The SMILES string of the molecule is COc1cc(C(=O)C2C(c3ccc(C)c(N)c3)C2(C)C)cc(OC)c1OC.COc1cc(C(=O)C2C(c3ccc(C)c(O)c3)C2(C)C)cc(OC)c1OC. The molecule has 2 aliphatic rings. The molecule has 0 amide bonds. The summed E-state index contributed by atoms with van der Waals surface area (Å²) in [6.45, 7) is 12.2. The van der Waals surface area contributed by atoms with Crippen LogP contribution in [0.1, 0.15) is 82.5 Å². The molecule has 0 bridgehead atoms. The van der Waals surface area contributed by atoms with Gasteiger partial charge in [-0.05, 0) is 83.3 Å². The van der Waals surface area contributed by atoms with E-state index < -0.39 is 0 Å². The van der Waals surface area contributed by atoms with Crippen molar-refractivity contribution in [2.75, 3.05) is 48.4 Å². The zero-order valence-electron chi connectivity index (χ0n) is 33.4. The summed E-state index contributed by atoms with van der Waals surface area (Å²) in [5.74, 6) is 3.08. The predicted octanol–water partition coefficient (Wildman–Crippen LogP) is 8.57. The van der Waals surface area contributed by atoms with Crippen LogP contribution in [0, 0.1) is 36.5 Å². The highest BCUT2D eigenvalue weighted by molar-refractivity contribution is 6.03. The van der Waals surface area contributed by atoms with Crippen LogP contribution in [-0.4, -0.2) is 59.3 Å². The molecule has 2 saturated carbocycles. The Kier molecular flexibility index (Phi) is 11.2. The Morgan fingerprint density at radius 3 is 1.22 bits per heavy atom. The second-order valence-electron chi connectivity index (χ2n) is 15.3. The van der Waals surface area contributed by atoms with E-state index in [1.54, 1.807) is 51.7 Å². The van der Waals surface area contributed by atoms with Crippen LogP contribution in [0.25, 0.3) is 0 Å². The van der Waals surface area contributed by atoms with Crippen LogP contribution in [0.5, 0.6) is 40.2 Å². The third-order valence-electron chi connectivity index (χ3n) is 11.4. The van der Waals surface area contributed by atoms with Gasteiger partial charge in [-0.3, -0.25) is 9.59 Å². The van der Waals surface area contributed by atoms with E-state index in [1.165, 1.54) is 21.3 Å². The van der Waals surface area contributed by atoms with E-state index in [4.69, 9.17) is 34.2 Å². The molecule has 0 aliphatic heterocycles. The van der Waals surface area contributed by atoms with Crippen LogP contribution < -0.4 is 34.2 Å². The minimum absolute atomic E-state index is 0.0318. The van der Waals surface area contributed by atoms with Gasteiger partial charge in [0, 0.05) is 40.5 Å². The van der Waals surface area contributed by atoms with Crippen LogP contribution in [0.4, 0.5) is 5.69 Å². The molecule has 10 nitrogen and oxygen atoms in total. The highest BCUT2D eigenvalue weighted by Crippen LogP contribution is 2.67. The van der Waals surface area contributed by atoms with Gasteiger partial charge in [-0.25, -0.2) is 0 Å². The first-order valence-corrected chi connectivity index (χ1v) is 17.9. The number of aromatic hydroxyl groups is 1. The van der Waals surface area contributed by atoms with Crippen LogP contribution in [0.15, 0.2) is 60.7 Å². The molecular weight excluding hydrogens is 686 g/mol. The second kappa shape index (κ2) is 15.2. The number of aryl methyl sites for hydroxylation is 2. The number of carbonyl (C=O) groups excluding carboxylic acids is 2. The van der Waals surface area contributed by atoms with Gasteiger partial charge in [0.05, 0.1) is 42.7 Å². The number of hydrogen-bond donors (Lipinski definition) is 2.